The third kappa shape index (κ3) is 3.38. The summed E-state index contributed by atoms with van der Waals surface area (Å²) >= 11 is 0. The molecule has 0 bridgehead atoms. The van der Waals surface area contributed by atoms with Crippen LogP contribution in [-0.2, 0) is 0 Å². The van der Waals surface area contributed by atoms with E-state index < -0.39 is 6.04 Å². The number of anilines is 1. The lowest BCUT2D eigenvalue weighted by Gasteiger charge is -2.15. The first-order valence-electron chi connectivity index (χ1n) is 6.65. The van der Waals surface area contributed by atoms with Crippen LogP contribution in [0.25, 0.3) is 0 Å². The van der Waals surface area contributed by atoms with Gasteiger partial charge in [-0.1, -0.05) is 18.2 Å². The molecule has 0 saturated carbocycles. The SMILES string of the molecule is Cc1cc(C(=O)NC(C)c2ccccc2F)ccc1NN. The average molecular weight is 287 g/mol. The van der Waals surface area contributed by atoms with Gasteiger partial charge in [0.25, 0.3) is 5.91 Å². The second-order valence-electron chi connectivity index (χ2n) is 4.89. The van der Waals surface area contributed by atoms with Gasteiger partial charge in [0.15, 0.2) is 0 Å². The second kappa shape index (κ2) is 6.37. The number of rotatable bonds is 4. The van der Waals surface area contributed by atoms with Gasteiger partial charge in [0, 0.05) is 11.1 Å². The van der Waals surface area contributed by atoms with Crippen molar-refractivity contribution in [2.45, 2.75) is 19.9 Å². The molecular formula is C16H18FN3O. The number of hydrogen-bond acceptors (Lipinski definition) is 3. The van der Waals surface area contributed by atoms with E-state index in [0.29, 0.717) is 11.1 Å². The summed E-state index contributed by atoms with van der Waals surface area (Å²) in [4.78, 5) is 12.2. The summed E-state index contributed by atoms with van der Waals surface area (Å²) in [5, 5.41) is 2.79. The molecule has 21 heavy (non-hydrogen) atoms. The fourth-order valence-corrected chi connectivity index (χ4v) is 2.15. The quantitative estimate of drug-likeness (QED) is 0.598. The van der Waals surface area contributed by atoms with E-state index in [9.17, 15) is 9.18 Å². The van der Waals surface area contributed by atoms with Gasteiger partial charge in [-0.15, -0.1) is 0 Å². The molecule has 0 spiro atoms. The number of nitrogens with two attached hydrogens (primary N) is 1. The Morgan fingerprint density at radius 3 is 2.57 bits per heavy atom. The number of nitrogens with one attached hydrogen (secondary N) is 2. The molecule has 2 aromatic rings. The van der Waals surface area contributed by atoms with Crippen molar-refractivity contribution in [1.82, 2.24) is 5.32 Å². The van der Waals surface area contributed by atoms with E-state index in [-0.39, 0.29) is 11.7 Å². The number of benzene rings is 2. The number of nitrogen functional groups attached to an aromatic ring is 1. The van der Waals surface area contributed by atoms with Crippen LogP contribution in [0.2, 0.25) is 0 Å². The highest BCUT2D eigenvalue weighted by molar-refractivity contribution is 5.95. The highest BCUT2D eigenvalue weighted by Crippen LogP contribution is 2.18. The Bertz CT molecular complexity index is 658. The van der Waals surface area contributed by atoms with Crippen LogP contribution < -0.4 is 16.6 Å². The van der Waals surface area contributed by atoms with Crippen molar-refractivity contribution in [3.05, 3.63) is 65.0 Å². The molecule has 0 heterocycles. The Labute approximate surface area is 123 Å². The summed E-state index contributed by atoms with van der Waals surface area (Å²) in [5.41, 5.74) is 5.15. The fourth-order valence-electron chi connectivity index (χ4n) is 2.15. The van der Waals surface area contributed by atoms with Crippen molar-refractivity contribution in [3.63, 3.8) is 0 Å². The van der Waals surface area contributed by atoms with Crippen LogP contribution in [0.1, 0.15) is 34.5 Å². The molecule has 0 aliphatic rings. The molecular weight excluding hydrogens is 269 g/mol. The summed E-state index contributed by atoms with van der Waals surface area (Å²) in [6.07, 6.45) is 0. The zero-order chi connectivity index (χ0) is 15.4. The van der Waals surface area contributed by atoms with Gasteiger partial charge >= 0.3 is 0 Å². The normalized spacial score (nSPS) is 11.8. The predicted octanol–water partition coefficient (Wildman–Crippen LogP) is 2.91. The Hall–Kier alpha value is -2.40. The molecule has 4 N–H and O–H groups in total. The Morgan fingerprint density at radius 1 is 1.24 bits per heavy atom. The van der Waals surface area contributed by atoms with Crippen LogP contribution in [0.4, 0.5) is 10.1 Å². The zero-order valence-electron chi connectivity index (χ0n) is 12.0. The Morgan fingerprint density at radius 2 is 1.95 bits per heavy atom. The van der Waals surface area contributed by atoms with Crippen LogP contribution >= 0.6 is 0 Å². The van der Waals surface area contributed by atoms with E-state index in [0.717, 1.165) is 11.3 Å². The van der Waals surface area contributed by atoms with E-state index in [1.54, 1.807) is 43.3 Å². The van der Waals surface area contributed by atoms with Gasteiger partial charge in [0.05, 0.1) is 11.7 Å². The molecule has 4 nitrogen and oxygen atoms in total. The minimum Gasteiger partial charge on any atom is -0.345 e. The molecule has 0 aromatic heterocycles. The highest BCUT2D eigenvalue weighted by Gasteiger charge is 2.14. The van der Waals surface area contributed by atoms with Crippen molar-refractivity contribution in [2.24, 2.45) is 5.84 Å². The Balaban J connectivity index is 2.14. The van der Waals surface area contributed by atoms with E-state index in [1.165, 1.54) is 6.07 Å². The number of aryl methyl sites for hydroxylation is 1. The number of halogens is 1. The largest absolute Gasteiger partial charge is 0.345 e. The number of amides is 1. The number of carbonyl (C=O) groups is 1. The first-order chi connectivity index (χ1) is 10.0. The van der Waals surface area contributed by atoms with Gasteiger partial charge < -0.3 is 10.7 Å². The van der Waals surface area contributed by atoms with Gasteiger partial charge in [-0.2, -0.15) is 0 Å². The van der Waals surface area contributed by atoms with Crippen molar-refractivity contribution in [3.8, 4) is 0 Å². The second-order valence-corrected chi connectivity index (χ2v) is 4.89. The van der Waals surface area contributed by atoms with Gasteiger partial charge in [-0.25, -0.2) is 4.39 Å². The summed E-state index contributed by atoms with van der Waals surface area (Å²) in [7, 11) is 0. The van der Waals surface area contributed by atoms with Crippen LogP contribution in [0.5, 0.6) is 0 Å². The molecule has 0 aliphatic carbocycles. The van der Waals surface area contributed by atoms with E-state index in [4.69, 9.17) is 5.84 Å². The van der Waals surface area contributed by atoms with E-state index >= 15 is 0 Å². The molecule has 5 heteroatoms. The van der Waals surface area contributed by atoms with E-state index in [1.807, 2.05) is 6.92 Å². The topological polar surface area (TPSA) is 67.2 Å². The molecule has 2 rings (SSSR count). The Kier molecular flexibility index (Phi) is 4.55. The number of carbonyl (C=O) groups excluding carboxylic acids is 1. The summed E-state index contributed by atoms with van der Waals surface area (Å²) in [6.45, 7) is 3.60. The maximum absolute atomic E-state index is 13.7. The predicted molar refractivity (Wildman–Crippen MR) is 81.3 cm³/mol. The summed E-state index contributed by atoms with van der Waals surface area (Å²) in [5.74, 6) is 4.78. The van der Waals surface area contributed by atoms with E-state index in [2.05, 4.69) is 10.7 Å². The molecule has 1 amide bonds. The lowest BCUT2D eigenvalue weighted by Crippen LogP contribution is -2.27. The smallest absolute Gasteiger partial charge is 0.251 e. The van der Waals surface area contributed by atoms with Crippen molar-refractivity contribution < 1.29 is 9.18 Å². The number of hydrogen-bond donors (Lipinski definition) is 3. The fraction of sp³-hybridized carbons (Fsp3) is 0.188. The molecule has 2 aromatic carbocycles. The third-order valence-corrected chi connectivity index (χ3v) is 3.36. The van der Waals surface area contributed by atoms with Gasteiger partial charge in [-0.3, -0.25) is 10.6 Å². The average Bonchev–Trinajstić information content (AvgIpc) is 2.47. The van der Waals surface area contributed by atoms with Crippen LogP contribution in [-0.4, -0.2) is 5.91 Å². The zero-order valence-corrected chi connectivity index (χ0v) is 12.0. The monoisotopic (exact) mass is 287 g/mol. The first-order valence-corrected chi connectivity index (χ1v) is 6.65. The van der Waals surface area contributed by atoms with Crippen molar-refractivity contribution >= 4 is 11.6 Å². The molecule has 1 atom stereocenters. The molecule has 0 saturated heterocycles. The van der Waals surface area contributed by atoms with Crippen molar-refractivity contribution in [2.75, 3.05) is 5.43 Å². The minimum atomic E-state index is -0.411. The molecule has 110 valence electrons. The van der Waals surface area contributed by atoms with Crippen molar-refractivity contribution in [1.29, 1.82) is 0 Å². The van der Waals surface area contributed by atoms with Crippen LogP contribution in [0.15, 0.2) is 42.5 Å². The minimum absolute atomic E-state index is 0.252. The summed E-state index contributed by atoms with van der Waals surface area (Å²) < 4.78 is 13.7. The molecule has 1 unspecified atom stereocenters. The highest BCUT2D eigenvalue weighted by atomic mass is 19.1. The standard InChI is InChI=1S/C16H18FN3O/c1-10-9-12(7-8-15(10)20-18)16(21)19-11(2)13-5-3-4-6-14(13)17/h3-9,11,20H,18H2,1-2H3,(H,19,21). The molecule has 0 radical (unpaired) electrons. The maximum Gasteiger partial charge on any atom is 0.251 e. The maximum atomic E-state index is 13.7. The first kappa shape index (κ1) is 15.0. The van der Waals surface area contributed by atoms with Crippen LogP contribution in [0.3, 0.4) is 0 Å². The lowest BCUT2D eigenvalue weighted by molar-refractivity contribution is 0.0939. The number of hydrazine groups is 1. The molecule has 0 aliphatic heterocycles. The van der Waals surface area contributed by atoms with Gasteiger partial charge in [0.2, 0.25) is 0 Å². The van der Waals surface area contributed by atoms with Gasteiger partial charge in [0.1, 0.15) is 5.82 Å². The third-order valence-electron chi connectivity index (χ3n) is 3.36. The summed E-state index contributed by atoms with van der Waals surface area (Å²) in [6, 6.07) is 11.1. The lowest BCUT2D eigenvalue weighted by atomic mass is 10.1. The molecule has 0 fully saturated rings. The van der Waals surface area contributed by atoms with Gasteiger partial charge in [-0.05, 0) is 43.7 Å². The van der Waals surface area contributed by atoms with Crippen LogP contribution in [0, 0.1) is 12.7 Å².